The molecule has 1 aliphatic carbocycles. The second kappa shape index (κ2) is 8.37. The Balaban J connectivity index is 1.57. The van der Waals surface area contributed by atoms with Crippen molar-refractivity contribution < 1.29 is 13.2 Å². The van der Waals surface area contributed by atoms with Crippen LogP contribution in [-0.2, 0) is 21.2 Å². The molecule has 4 rings (SSSR count). The summed E-state index contributed by atoms with van der Waals surface area (Å²) in [7, 11) is -3.76. The Morgan fingerprint density at radius 1 is 1.13 bits per heavy atom. The number of carbonyl (C=O) groups excluding carboxylic acids is 1. The predicted octanol–water partition coefficient (Wildman–Crippen LogP) is 1.90. The Labute approximate surface area is 175 Å². The first-order valence-electron chi connectivity index (χ1n) is 9.77. The van der Waals surface area contributed by atoms with E-state index in [2.05, 4.69) is 15.6 Å². The van der Waals surface area contributed by atoms with Gasteiger partial charge in [-0.05, 0) is 36.5 Å². The Kier molecular flexibility index (Phi) is 5.65. The minimum Gasteiger partial charge on any atom is -0.354 e. The largest absolute Gasteiger partial charge is 0.354 e. The van der Waals surface area contributed by atoms with Gasteiger partial charge >= 0.3 is 0 Å². The number of amides is 1. The van der Waals surface area contributed by atoms with Gasteiger partial charge in [0.2, 0.25) is 15.9 Å². The highest BCUT2D eigenvalue weighted by Crippen LogP contribution is 2.28. The zero-order chi connectivity index (χ0) is 21.1. The van der Waals surface area contributed by atoms with Crippen LogP contribution in [0.4, 0.5) is 0 Å². The van der Waals surface area contributed by atoms with Crippen molar-refractivity contribution in [3.05, 3.63) is 66.4 Å². The molecule has 0 bridgehead atoms. The Morgan fingerprint density at radius 2 is 1.83 bits per heavy atom. The highest BCUT2D eigenvalue weighted by atomic mass is 32.2. The van der Waals surface area contributed by atoms with Crippen molar-refractivity contribution in [2.24, 2.45) is 11.1 Å². The summed E-state index contributed by atoms with van der Waals surface area (Å²) in [6.07, 6.45) is 4.51. The van der Waals surface area contributed by atoms with Crippen molar-refractivity contribution in [2.45, 2.75) is 30.2 Å². The van der Waals surface area contributed by atoms with E-state index in [0.29, 0.717) is 30.1 Å². The highest BCUT2D eigenvalue weighted by molar-refractivity contribution is 7.89. The number of hydrogen-bond acceptors (Lipinski definition) is 5. The van der Waals surface area contributed by atoms with Gasteiger partial charge in [0.05, 0.1) is 11.1 Å². The lowest BCUT2D eigenvalue weighted by atomic mass is 10.1. The summed E-state index contributed by atoms with van der Waals surface area (Å²) in [6, 6.07) is 15.3. The minimum absolute atomic E-state index is 0.0278. The third kappa shape index (κ3) is 4.92. The number of nitrogens with two attached hydrogens (primary N) is 1. The van der Waals surface area contributed by atoms with Crippen LogP contribution < -0.4 is 10.5 Å². The molecular formula is C21H23N5O3S. The molecule has 2 aromatic carbocycles. The van der Waals surface area contributed by atoms with Crippen LogP contribution in [0.2, 0.25) is 0 Å². The second-order valence-corrected chi connectivity index (χ2v) is 9.11. The molecule has 30 heavy (non-hydrogen) atoms. The fourth-order valence-corrected chi connectivity index (χ4v) is 3.72. The van der Waals surface area contributed by atoms with Crippen LogP contribution in [0.15, 0.2) is 65.7 Å². The molecule has 8 nitrogen and oxygen atoms in total. The van der Waals surface area contributed by atoms with Gasteiger partial charge in [0.25, 0.3) is 0 Å². The van der Waals surface area contributed by atoms with E-state index < -0.39 is 16.1 Å². The maximum atomic E-state index is 12.9. The van der Waals surface area contributed by atoms with Crippen molar-refractivity contribution in [1.29, 1.82) is 0 Å². The van der Waals surface area contributed by atoms with Crippen molar-refractivity contribution in [3.63, 3.8) is 0 Å². The van der Waals surface area contributed by atoms with E-state index in [4.69, 9.17) is 5.14 Å². The molecular weight excluding hydrogens is 402 g/mol. The summed E-state index contributed by atoms with van der Waals surface area (Å²) in [4.78, 5) is 12.9. The van der Waals surface area contributed by atoms with Gasteiger partial charge in [0.15, 0.2) is 0 Å². The molecule has 0 radical (unpaired) electrons. The molecule has 1 heterocycles. The van der Waals surface area contributed by atoms with E-state index >= 15 is 0 Å². The molecule has 1 atom stereocenters. The summed E-state index contributed by atoms with van der Waals surface area (Å²) in [5.41, 5.74) is 2.26. The fourth-order valence-electron chi connectivity index (χ4n) is 3.21. The Bertz CT molecular complexity index is 1120. The number of primary sulfonamides is 1. The quantitative estimate of drug-likeness (QED) is 0.571. The van der Waals surface area contributed by atoms with Crippen molar-refractivity contribution in [1.82, 2.24) is 20.3 Å². The van der Waals surface area contributed by atoms with E-state index in [1.54, 1.807) is 23.0 Å². The van der Waals surface area contributed by atoms with Crippen LogP contribution in [-0.4, -0.2) is 35.9 Å². The molecule has 3 N–H and O–H groups in total. The summed E-state index contributed by atoms with van der Waals surface area (Å²) in [5, 5.41) is 16.5. The molecule has 0 spiro atoms. The van der Waals surface area contributed by atoms with Crippen LogP contribution in [0, 0.1) is 5.92 Å². The number of hydrogen-bond donors (Lipinski definition) is 2. The van der Waals surface area contributed by atoms with Crippen LogP contribution in [0.3, 0.4) is 0 Å². The summed E-state index contributed by atoms with van der Waals surface area (Å²) in [6.45, 7) is 0.681. The van der Waals surface area contributed by atoms with Gasteiger partial charge in [0.1, 0.15) is 11.7 Å². The number of aromatic nitrogens is 3. The molecule has 0 saturated heterocycles. The third-order valence-electron chi connectivity index (χ3n) is 5.14. The van der Waals surface area contributed by atoms with Crippen LogP contribution in [0.25, 0.3) is 11.3 Å². The molecule has 1 fully saturated rings. The van der Waals surface area contributed by atoms with E-state index in [1.807, 2.05) is 30.3 Å². The van der Waals surface area contributed by atoms with Gasteiger partial charge in [-0.3, -0.25) is 4.79 Å². The SMILES string of the molecule is NS(=O)(=O)c1ccc(-c2cn(C(Cc3ccccc3)C(=O)NCC3CC3)nn2)cc1. The molecule has 156 valence electrons. The van der Waals surface area contributed by atoms with Gasteiger partial charge < -0.3 is 5.32 Å². The third-order valence-corrected chi connectivity index (χ3v) is 6.07. The van der Waals surface area contributed by atoms with Gasteiger partial charge in [-0.25, -0.2) is 18.2 Å². The van der Waals surface area contributed by atoms with Crippen molar-refractivity contribution >= 4 is 15.9 Å². The molecule has 3 aromatic rings. The minimum atomic E-state index is -3.76. The Morgan fingerprint density at radius 3 is 2.47 bits per heavy atom. The smallest absolute Gasteiger partial charge is 0.245 e. The van der Waals surface area contributed by atoms with Gasteiger partial charge in [-0.2, -0.15) is 0 Å². The number of rotatable bonds is 8. The first-order chi connectivity index (χ1) is 14.4. The van der Waals surface area contributed by atoms with E-state index in [-0.39, 0.29) is 10.8 Å². The Hall–Kier alpha value is -3.04. The van der Waals surface area contributed by atoms with Gasteiger partial charge in [-0.1, -0.05) is 47.7 Å². The average molecular weight is 426 g/mol. The second-order valence-electron chi connectivity index (χ2n) is 7.55. The fraction of sp³-hybridized carbons (Fsp3) is 0.286. The molecule has 1 aromatic heterocycles. The molecule has 1 amide bonds. The summed E-state index contributed by atoms with van der Waals surface area (Å²) in [5.74, 6) is 0.488. The maximum Gasteiger partial charge on any atom is 0.245 e. The lowest BCUT2D eigenvalue weighted by molar-refractivity contribution is -0.124. The number of carbonyl (C=O) groups is 1. The normalized spacial score (nSPS) is 15.0. The zero-order valence-corrected chi connectivity index (χ0v) is 17.1. The lowest BCUT2D eigenvalue weighted by Crippen LogP contribution is -2.35. The topological polar surface area (TPSA) is 120 Å². The standard InChI is InChI=1S/C21H23N5O3S/c22-30(28,29)18-10-8-17(9-11-18)19-14-26(25-24-19)20(12-15-4-2-1-3-5-15)21(27)23-13-16-6-7-16/h1-5,8-11,14,16,20H,6-7,12-13H2,(H,23,27)(H2,22,28,29). The van der Waals surface area contributed by atoms with Gasteiger partial charge in [0, 0.05) is 18.5 Å². The van der Waals surface area contributed by atoms with Crippen molar-refractivity contribution in [3.8, 4) is 11.3 Å². The number of benzene rings is 2. The van der Waals surface area contributed by atoms with Gasteiger partial charge in [-0.15, -0.1) is 5.10 Å². The molecule has 1 saturated carbocycles. The van der Waals surface area contributed by atoms with Crippen LogP contribution in [0.1, 0.15) is 24.4 Å². The maximum absolute atomic E-state index is 12.9. The predicted molar refractivity (Wildman–Crippen MR) is 112 cm³/mol. The number of nitrogens with zero attached hydrogens (tertiary/aromatic N) is 3. The van der Waals surface area contributed by atoms with Crippen molar-refractivity contribution in [2.75, 3.05) is 6.54 Å². The summed E-state index contributed by atoms with van der Waals surface area (Å²) < 4.78 is 24.4. The lowest BCUT2D eigenvalue weighted by Gasteiger charge is -2.17. The summed E-state index contributed by atoms with van der Waals surface area (Å²) >= 11 is 0. The van der Waals surface area contributed by atoms with E-state index in [1.165, 1.54) is 12.1 Å². The highest BCUT2D eigenvalue weighted by Gasteiger charge is 2.26. The van der Waals surface area contributed by atoms with Crippen LogP contribution >= 0.6 is 0 Å². The number of sulfonamides is 1. The first-order valence-corrected chi connectivity index (χ1v) is 11.3. The zero-order valence-electron chi connectivity index (χ0n) is 16.3. The average Bonchev–Trinajstić information content (AvgIpc) is 3.45. The number of nitrogens with one attached hydrogen (secondary N) is 1. The molecule has 1 aliphatic rings. The monoisotopic (exact) mass is 425 g/mol. The molecule has 0 aliphatic heterocycles. The molecule has 9 heteroatoms. The van der Waals surface area contributed by atoms with E-state index in [0.717, 1.165) is 18.4 Å². The first kappa shape index (κ1) is 20.2. The molecule has 1 unspecified atom stereocenters. The van der Waals surface area contributed by atoms with E-state index in [9.17, 15) is 13.2 Å². The van der Waals surface area contributed by atoms with Crippen LogP contribution in [0.5, 0.6) is 0 Å².